The van der Waals surface area contributed by atoms with Crippen LogP contribution in [-0.2, 0) is 0 Å². The highest BCUT2D eigenvalue weighted by molar-refractivity contribution is 6.21. The molecular formula is C15H20N2O2. The summed E-state index contributed by atoms with van der Waals surface area (Å²) in [6.07, 6.45) is 2.25. The van der Waals surface area contributed by atoms with Crippen LogP contribution in [-0.4, -0.2) is 17.9 Å². The molecule has 1 heterocycles. The van der Waals surface area contributed by atoms with Crippen LogP contribution >= 0.6 is 0 Å². The third-order valence-electron chi connectivity index (χ3n) is 3.33. The van der Waals surface area contributed by atoms with Gasteiger partial charge in [0.05, 0.1) is 11.1 Å². The van der Waals surface area contributed by atoms with Gasteiger partial charge in [0.15, 0.2) is 0 Å². The van der Waals surface area contributed by atoms with Gasteiger partial charge in [0.2, 0.25) is 0 Å². The molecule has 1 unspecified atom stereocenters. The topological polar surface area (TPSA) is 58.2 Å². The summed E-state index contributed by atoms with van der Waals surface area (Å²) >= 11 is 0. The fourth-order valence-corrected chi connectivity index (χ4v) is 2.20. The second-order valence-corrected chi connectivity index (χ2v) is 5.56. The van der Waals surface area contributed by atoms with Crippen LogP contribution < -0.4 is 10.6 Å². The number of hydrogen-bond donors (Lipinski definition) is 2. The Hall–Kier alpha value is -1.84. The predicted octanol–water partition coefficient (Wildman–Crippen LogP) is 2.81. The molecule has 1 aliphatic rings. The Balaban J connectivity index is 2.05. The van der Waals surface area contributed by atoms with Crippen LogP contribution in [0.2, 0.25) is 0 Å². The molecule has 1 atom stereocenters. The van der Waals surface area contributed by atoms with Crippen LogP contribution in [0.25, 0.3) is 0 Å². The maximum atomic E-state index is 11.6. The molecule has 0 fully saturated rings. The first kappa shape index (κ1) is 13.6. The van der Waals surface area contributed by atoms with Crippen LogP contribution in [0.5, 0.6) is 0 Å². The van der Waals surface area contributed by atoms with Crippen molar-refractivity contribution >= 4 is 17.5 Å². The first-order valence-electron chi connectivity index (χ1n) is 6.73. The lowest BCUT2D eigenvalue weighted by Gasteiger charge is -2.16. The molecule has 0 saturated carbocycles. The quantitative estimate of drug-likeness (QED) is 0.800. The molecule has 2 amide bonds. The van der Waals surface area contributed by atoms with E-state index in [1.54, 1.807) is 12.1 Å². The normalized spacial score (nSPS) is 15.4. The van der Waals surface area contributed by atoms with Crippen molar-refractivity contribution in [2.75, 3.05) is 5.32 Å². The van der Waals surface area contributed by atoms with E-state index in [9.17, 15) is 9.59 Å². The van der Waals surface area contributed by atoms with Crippen molar-refractivity contribution < 1.29 is 9.59 Å². The van der Waals surface area contributed by atoms with E-state index >= 15 is 0 Å². The molecule has 1 aromatic carbocycles. The van der Waals surface area contributed by atoms with Crippen LogP contribution in [0.4, 0.5) is 5.69 Å². The summed E-state index contributed by atoms with van der Waals surface area (Å²) in [5, 5.41) is 5.67. The SMILES string of the molecule is CC(C)CCC(C)Nc1ccc2c(c1)C(=O)NC2=O. The second kappa shape index (κ2) is 5.43. The zero-order valence-corrected chi connectivity index (χ0v) is 11.6. The molecule has 0 aromatic heterocycles. The molecule has 0 radical (unpaired) electrons. The molecule has 19 heavy (non-hydrogen) atoms. The van der Waals surface area contributed by atoms with Crippen molar-refractivity contribution in [2.45, 2.75) is 39.7 Å². The minimum atomic E-state index is -0.307. The third kappa shape index (κ3) is 3.13. The summed E-state index contributed by atoms with van der Waals surface area (Å²) in [4.78, 5) is 23.0. The number of amides is 2. The molecule has 0 saturated heterocycles. The van der Waals surface area contributed by atoms with Crippen LogP contribution in [0.3, 0.4) is 0 Å². The Bertz CT molecular complexity index is 509. The van der Waals surface area contributed by atoms with E-state index in [1.165, 1.54) is 0 Å². The zero-order chi connectivity index (χ0) is 14.0. The van der Waals surface area contributed by atoms with Gasteiger partial charge in [-0.3, -0.25) is 14.9 Å². The maximum Gasteiger partial charge on any atom is 0.259 e. The van der Waals surface area contributed by atoms with Crippen molar-refractivity contribution in [3.8, 4) is 0 Å². The minimum absolute atomic E-state index is 0.306. The minimum Gasteiger partial charge on any atom is -0.383 e. The number of carbonyl (C=O) groups is 2. The average Bonchev–Trinajstić information content (AvgIpc) is 2.62. The Morgan fingerprint density at radius 2 is 1.74 bits per heavy atom. The fourth-order valence-electron chi connectivity index (χ4n) is 2.20. The number of rotatable bonds is 5. The zero-order valence-electron chi connectivity index (χ0n) is 11.6. The first-order valence-corrected chi connectivity index (χ1v) is 6.73. The lowest BCUT2D eigenvalue weighted by molar-refractivity contribution is 0.0879. The van der Waals surface area contributed by atoms with E-state index < -0.39 is 0 Å². The van der Waals surface area contributed by atoms with Gasteiger partial charge in [0.25, 0.3) is 11.8 Å². The second-order valence-electron chi connectivity index (χ2n) is 5.56. The number of fused-ring (bicyclic) bond motifs is 1. The van der Waals surface area contributed by atoms with Crippen molar-refractivity contribution in [1.82, 2.24) is 5.32 Å². The van der Waals surface area contributed by atoms with Gasteiger partial charge in [0.1, 0.15) is 0 Å². The van der Waals surface area contributed by atoms with Gasteiger partial charge in [-0.2, -0.15) is 0 Å². The van der Waals surface area contributed by atoms with Crippen LogP contribution in [0.15, 0.2) is 18.2 Å². The van der Waals surface area contributed by atoms with Crippen LogP contribution in [0, 0.1) is 5.92 Å². The van der Waals surface area contributed by atoms with Crippen molar-refractivity contribution in [3.63, 3.8) is 0 Å². The molecule has 1 aliphatic heterocycles. The van der Waals surface area contributed by atoms with Crippen molar-refractivity contribution in [1.29, 1.82) is 0 Å². The van der Waals surface area contributed by atoms with E-state index in [0.29, 0.717) is 23.1 Å². The van der Waals surface area contributed by atoms with Gasteiger partial charge in [-0.1, -0.05) is 13.8 Å². The smallest absolute Gasteiger partial charge is 0.259 e. The summed E-state index contributed by atoms with van der Waals surface area (Å²) in [5.74, 6) is 0.0746. The van der Waals surface area contributed by atoms with Crippen molar-refractivity contribution in [2.24, 2.45) is 5.92 Å². The van der Waals surface area contributed by atoms with E-state index in [2.05, 4.69) is 31.4 Å². The highest BCUT2D eigenvalue weighted by atomic mass is 16.2. The van der Waals surface area contributed by atoms with Gasteiger partial charge in [0, 0.05) is 11.7 Å². The molecule has 2 rings (SSSR count). The number of carbonyl (C=O) groups excluding carboxylic acids is 2. The third-order valence-corrected chi connectivity index (χ3v) is 3.33. The first-order chi connectivity index (χ1) is 8.97. The van der Waals surface area contributed by atoms with E-state index in [1.807, 2.05) is 6.07 Å². The lowest BCUT2D eigenvalue weighted by Crippen LogP contribution is -2.19. The number of anilines is 1. The summed E-state index contributed by atoms with van der Waals surface area (Å²) < 4.78 is 0. The Morgan fingerprint density at radius 1 is 1.05 bits per heavy atom. The number of nitrogens with one attached hydrogen (secondary N) is 2. The molecule has 0 bridgehead atoms. The maximum absolute atomic E-state index is 11.6. The Kier molecular flexibility index (Phi) is 3.88. The number of imide groups is 1. The van der Waals surface area contributed by atoms with Gasteiger partial charge in [-0.15, -0.1) is 0 Å². The van der Waals surface area contributed by atoms with Crippen LogP contribution in [0.1, 0.15) is 54.3 Å². The molecule has 102 valence electrons. The molecule has 0 aliphatic carbocycles. The highest BCUT2D eigenvalue weighted by Crippen LogP contribution is 2.21. The molecule has 4 heteroatoms. The van der Waals surface area contributed by atoms with Gasteiger partial charge in [-0.25, -0.2) is 0 Å². The summed E-state index contributed by atoms with van der Waals surface area (Å²) in [7, 11) is 0. The summed E-state index contributed by atoms with van der Waals surface area (Å²) in [5.41, 5.74) is 1.82. The summed E-state index contributed by atoms with van der Waals surface area (Å²) in [6, 6.07) is 5.65. The highest BCUT2D eigenvalue weighted by Gasteiger charge is 2.26. The van der Waals surface area contributed by atoms with Crippen molar-refractivity contribution in [3.05, 3.63) is 29.3 Å². The molecule has 1 aromatic rings. The van der Waals surface area contributed by atoms with Gasteiger partial charge in [-0.05, 0) is 43.9 Å². The standard InChI is InChI=1S/C15H20N2O2/c1-9(2)4-5-10(3)16-11-6-7-12-13(8-11)15(19)17-14(12)18/h6-10,16H,4-5H2,1-3H3,(H,17,18,19). The molecule has 2 N–H and O–H groups in total. The average molecular weight is 260 g/mol. The van der Waals surface area contributed by atoms with Gasteiger partial charge >= 0.3 is 0 Å². The summed E-state index contributed by atoms with van der Waals surface area (Å²) in [6.45, 7) is 6.54. The molecule has 4 nitrogen and oxygen atoms in total. The van der Waals surface area contributed by atoms with E-state index in [4.69, 9.17) is 0 Å². The lowest BCUT2D eigenvalue weighted by atomic mass is 10.0. The molecule has 0 spiro atoms. The molecular weight excluding hydrogens is 240 g/mol. The van der Waals surface area contributed by atoms with E-state index in [0.717, 1.165) is 18.5 Å². The van der Waals surface area contributed by atoms with Gasteiger partial charge < -0.3 is 5.32 Å². The Labute approximate surface area is 113 Å². The Morgan fingerprint density at radius 3 is 2.42 bits per heavy atom. The van der Waals surface area contributed by atoms with E-state index in [-0.39, 0.29) is 11.8 Å². The number of hydrogen-bond acceptors (Lipinski definition) is 3. The fraction of sp³-hybridized carbons (Fsp3) is 0.467. The predicted molar refractivity (Wildman–Crippen MR) is 75.4 cm³/mol. The largest absolute Gasteiger partial charge is 0.383 e. The monoisotopic (exact) mass is 260 g/mol. The number of benzene rings is 1.